The lowest BCUT2D eigenvalue weighted by molar-refractivity contribution is -0.144. The summed E-state index contributed by atoms with van der Waals surface area (Å²) >= 11 is 0. The van der Waals surface area contributed by atoms with Crippen LogP contribution in [-0.2, 0) is 14.3 Å². The number of ketones is 1. The van der Waals surface area contributed by atoms with Crippen molar-refractivity contribution >= 4 is 17.8 Å². The van der Waals surface area contributed by atoms with E-state index >= 15 is 0 Å². The van der Waals surface area contributed by atoms with Crippen molar-refractivity contribution in [2.75, 3.05) is 13.1 Å². The van der Waals surface area contributed by atoms with Crippen molar-refractivity contribution < 1.29 is 24.2 Å². The predicted molar refractivity (Wildman–Crippen MR) is 87.5 cm³/mol. The number of rotatable bonds is 11. The van der Waals surface area contributed by atoms with E-state index in [4.69, 9.17) is 15.4 Å². The molecule has 0 aromatic rings. The highest BCUT2D eigenvalue weighted by atomic mass is 16.6. The van der Waals surface area contributed by atoms with Gasteiger partial charge in [0.2, 0.25) is 0 Å². The summed E-state index contributed by atoms with van der Waals surface area (Å²) in [6.07, 6.45) is 0.972. The van der Waals surface area contributed by atoms with E-state index in [0.29, 0.717) is 25.8 Å². The van der Waals surface area contributed by atoms with Gasteiger partial charge >= 0.3 is 12.1 Å². The first-order chi connectivity index (χ1) is 11.2. The molecule has 0 heterocycles. The molecule has 0 aromatic carbocycles. The van der Waals surface area contributed by atoms with Gasteiger partial charge in [-0.2, -0.15) is 0 Å². The molecule has 0 fully saturated rings. The van der Waals surface area contributed by atoms with E-state index in [0.717, 1.165) is 0 Å². The standard InChI is InChI=1S/C15H26N4O5/c1-15(2,3)24-14(23)17-8-5-4-6-11(13(21)22)10-12(20)7-9-18-19-16/h11H,4-10H2,1-3H3,(H,17,23)(H,21,22)/t11-/m1/s1. The van der Waals surface area contributed by atoms with Gasteiger partial charge in [-0.25, -0.2) is 4.79 Å². The number of alkyl carbamates (subject to hydrolysis) is 1. The minimum absolute atomic E-state index is 0.0431. The number of carbonyl (C=O) groups is 3. The predicted octanol–water partition coefficient (Wildman–Crippen LogP) is 3.04. The molecule has 0 rings (SSSR count). The number of unbranched alkanes of at least 4 members (excludes halogenated alkanes) is 1. The minimum Gasteiger partial charge on any atom is -0.481 e. The molecule has 9 heteroatoms. The van der Waals surface area contributed by atoms with Crippen LogP contribution in [0.3, 0.4) is 0 Å². The van der Waals surface area contributed by atoms with Gasteiger partial charge in [-0.1, -0.05) is 11.5 Å². The Morgan fingerprint density at radius 1 is 1.29 bits per heavy atom. The number of ether oxygens (including phenoxy) is 1. The normalized spacial score (nSPS) is 12.0. The lowest BCUT2D eigenvalue weighted by Crippen LogP contribution is -2.33. The van der Waals surface area contributed by atoms with Gasteiger partial charge in [-0.3, -0.25) is 9.59 Å². The monoisotopic (exact) mass is 342 g/mol. The highest BCUT2D eigenvalue weighted by Gasteiger charge is 2.20. The second-order valence-corrected chi connectivity index (χ2v) is 6.41. The topological polar surface area (TPSA) is 141 Å². The van der Waals surface area contributed by atoms with Gasteiger partial charge in [0.15, 0.2) is 0 Å². The Hall–Kier alpha value is -2.28. The fraction of sp³-hybridized carbons (Fsp3) is 0.800. The van der Waals surface area contributed by atoms with Crippen LogP contribution >= 0.6 is 0 Å². The number of nitrogens with one attached hydrogen (secondary N) is 1. The fourth-order valence-corrected chi connectivity index (χ4v) is 1.93. The van der Waals surface area contributed by atoms with Crippen LogP contribution in [0.2, 0.25) is 0 Å². The lowest BCUT2D eigenvalue weighted by Gasteiger charge is -2.19. The van der Waals surface area contributed by atoms with E-state index in [1.807, 2.05) is 0 Å². The summed E-state index contributed by atoms with van der Waals surface area (Å²) in [5, 5.41) is 15.0. The minimum atomic E-state index is -1.02. The smallest absolute Gasteiger partial charge is 0.407 e. The van der Waals surface area contributed by atoms with Gasteiger partial charge in [0.05, 0.1) is 5.92 Å². The van der Waals surface area contributed by atoms with Crippen molar-refractivity contribution in [3.63, 3.8) is 0 Å². The first-order valence-corrected chi connectivity index (χ1v) is 7.88. The Balaban J connectivity index is 4.02. The molecule has 9 nitrogen and oxygen atoms in total. The average Bonchev–Trinajstić information content (AvgIpc) is 2.43. The number of hydrogen-bond donors (Lipinski definition) is 2. The van der Waals surface area contributed by atoms with Crippen LogP contribution in [-0.4, -0.2) is 41.6 Å². The molecule has 136 valence electrons. The molecule has 1 atom stereocenters. The van der Waals surface area contributed by atoms with Crippen LogP contribution in [0.5, 0.6) is 0 Å². The molecule has 0 aliphatic heterocycles. The maximum atomic E-state index is 11.6. The molecule has 0 radical (unpaired) electrons. The Kier molecular flexibility index (Phi) is 10.2. The zero-order valence-electron chi connectivity index (χ0n) is 14.4. The van der Waals surface area contributed by atoms with E-state index in [9.17, 15) is 14.4 Å². The number of carboxylic acids is 1. The first-order valence-electron chi connectivity index (χ1n) is 7.88. The van der Waals surface area contributed by atoms with Crippen molar-refractivity contribution in [3.05, 3.63) is 10.4 Å². The largest absolute Gasteiger partial charge is 0.481 e. The molecule has 0 aromatic heterocycles. The quantitative estimate of drug-likeness (QED) is 0.257. The third-order valence-corrected chi connectivity index (χ3v) is 3.02. The molecule has 0 spiro atoms. The lowest BCUT2D eigenvalue weighted by atomic mass is 9.95. The van der Waals surface area contributed by atoms with Crippen LogP contribution < -0.4 is 5.32 Å². The summed E-state index contributed by atoms with van der Waals surface area (Å²) < 4.78 is 5.08. The number of azide groups is 1. The fourth-order valence-electron chi connectivity index (χ4n) is 1.93. The molecule has 24 heavy (non-hydrogen) atoms. The van der Waals surface area contributed by atoms with Gasteiger partial charge in [-0.15, -0.1) is 0 Å². The molecule has 0 saturated heterocycles. The molecule has 0 aliphatic rings. The highest BCUT2D eigenvalue weighted by molar-refractivity contribution is 5.83. The Labute approximate surface area is 141 Å². The Morgan fingerprint density at radius 3 is 2.50 bits per heavy atom. The summed E-state index contributed by atoms with van der Waals surface area (Å²) in [6, 6.07) is 0. The van der Waals surface area contributed by atoms with Crippen molar-refractivity contribution in [2.45, 2.75) is 58.5 Å². The molecule has 1 amide bonds. The van der Waals surface area contributed by atoms with E-state index < -0.39 is 23.6 Å². The van der Waals surface area contributed by atoms with Crippen LogP contribution in [0.1, 0.15) is 52.9 Å². The third-order valence-electron chi connectivity index (χ3n) is 3.02. The summed E-state index contributed by atoms with van der Waals surface area (Å²) in [5.74, 6) is -2.01. The summed E-state index contributed by atoms with van der Waals surface area (Å²) in [6.45, 7) is 5.72. The zero-order chi connectivity index (χ0) is 18.6. The summed E-state index contributed by atoms with van der Waals surface area (Å²) in [4.78, 5) is 36.8. The summed E-state index contributed by atoms with van der Waals surface area (Å²) in [7, 11) is 0. The number of Topliss-reactive ketones (excluding diaryl/α,β-unsaturated/α-hetero) is 1. The highest BCUT2D eigenvalue weighted by Crippen LogP contribution is 2.15. The number of nitrogens with zero attached hydrogens (tertiary/aromatic N) is 3. The molecular formula is C15H26N4O5. The second-order valence-electron chi connectivity index (χ2n) is 6.41. The van der Waals surface area contributed by atoms with E-state index in [-0.39, 0.29) is 25.2 Å². The van der Waals surface area contributed by atoms with Crippen molar-refractivity contribution in [2.24, 2.45) is 11.0 Å². The molecule has 2 N–H and O–H groups in total. The number of carbonyl (C=O) groups excluding carboxylic acids is 2. The van der Waals surface area contributed by atoms with Gasteiger partial charge in [0.25, 0.3) is 0 Å². The van der Waals surface area contributed by atoms with Crippen molar-refractivity contribution in [1.82, 2.24) is 5.32 Å². The molecule has 0 saturated carbocycles. The number of carboxylic acid groups (broad SMARTS) is 1. The van der Waals surface area contributed by atoms with Crippen molar-refractivity contribution in [3.8, 4) is 0 Å². The van der Waals surface area contributed by atoms with Crippen LogP contribution in [0.15, 0.2) is 5.11 Å². The Morgan fingerprint density at radius 2 is 1.96 bits per heavy atom. The summed E-state index contributed by atoms with van der Waals surface area (Å²) in [5.41, 5.74) is 7.57. The second kappa shape index (κ2) is 11.3. The molecule has 0 unspecified atom stereocenters. The molecule has 0 aliphatic carbocycles. The number of amides is 1. The Bertz CT molecular complexity index is 481. The van der Waals surface area contributed by atoms with Crippen molar-refractivity contribution in [1.29, 1.82) is 0 Å². The molecule has 0 bridgehead atoms. The van der Waals surface area contributed by atoms with Gasteiger partial charge in [0, 0.05) is 30.8 Å². The van der Waals surface area contributed by atoms with E-state index in [1.165, 1.54) is 0 Å². The van der Waals surface area contributed by atoms with Gasteiger partial charge < -0.3 is 15.2 Å². The van der Waals surface area contributed by atoms with E-state index in [1.54, 1.807) is 20.8 Å². The maximum Gasteiger partial charge on any atom is 0.407 e. The average molecular weight is 342 g/mol. The maximum absolute atomic E-state index is 11.6. The molecular weight excluding hydrogens is 316 g/mol. The van der Waals surface area contributed by atoms with Crippen LogP contribution in [0.4, 0.5) is 4.79 Å². The number of hydrogen-bond acceptors (Lipinski definition) is 5. The van der Waals surface area contributed by atoms with Gasteiger partial charge in [-0.05, 0) is 39.1 Å². The third kappa shape index (κ3) is 12.3. The first kappa shape index (κ1) is 21.7. The van der Waals surface area contributed by atoms with Crippen LogP contribution in [0.25, 0.3) is 10.4 Å². The van der Waals surface area contributed by atoms with Gasteiger partial charge in [0.1, 0.15) is 11.4 Å². The van der Waals surface area contributed by atoms with Crippen LogP contribution in [0, 0.1) is 5.92 Å². The SMILES string of the molecule is CC(C)(C)OC(=O)NCCCC[C@H](CC(=O)CCN=[N+]=[N-])C(=O)O. The van der Waals surface area contributed by atoms with E-state index in [2.05, 4.69) is 15.3 Å². The zero-order valence-corrected chi connectivity index (χ0v) is 14.4. The number of aliphatic carboxylic acids is 1.